The van der Waals surface area contributed by atoms with Gasteiger partial charge in [0.15, 0.2) is 10.9 Å². The number of nitrogens with one attached hydrogen (secondary N) is 1. The quantitative estimate of drug-likeness (QED) is 0.318. The Kier molecular flexibility index (Phi) is 7.56. The molecule has 2 aromatic carbocycles. The summed E-state index contributed by atoms with van der Waals surface area (Å²) >= 11 is 0.971. The third kappa shape index (κ3) is 6.26. The monoisotopic (exact) mass is 476 g/mol. The molecule has 13 heteroatoms. The average Bonchev–Trinajstić information content (AvgIpc) is 3.10. The van der Waals surface area contributed by atoms with E-state index in [4.69, 9.17) is 14.6 Å². The van der Waals surface area contributed by atoms with E-state index in [-0.39, 0.29) is 29.6 Å². The molecule has 33 heavy (non-hydrogen) atoms. The van der Waals surface area contributed by atoms with E-state index < -0.39 is 27.9 Å². The van der Waals surface area contributed by atoms with Crippen LogP contribution in [-0.4, -0.2) is 45.6 Å². The van der Waals surface area contributed by atoms with Crippen LogP contribution in [0.25, 0.3) is 0 Å². The van der Waals surface area contributed by atoms with Gasteiger partial charge in [0, 0.05) is 17.7 Å². The van der Waals surface area contributed by atoms with Gasteiger partial charge in [-0.15, -0.1) is 5.10 Å². The van der Waals surface area contributed by atoms with Gasteiger partial charge in [0.25, 0.3) is 0 Å². The summed E-state index contributed by atoms with van der Waals surface area (Å²) in [6.07, 6.45) is 1.06. The molecule has 1 saturated heterocycles. The minimum atomic E-state index is -1.09. The summed E-state index contributed by atoms with van der Waals surface area (Å²) in [6, 6.07) is 7.86. The molecule has 1 unspecified atom stereocenters. The average molecular weight is 476 g/mol. The maximum absolute atomic E-state index is 13.5. The zero-order valence-electron chi connectivity index (χ0n) is 17.1. The maximum atomic E-state index is 13.5. The van der Waals surface area contributed by atoms with Crippen LogP contribution in [0.15, 0.2) is 46.6 Å². The Bertz CT molecular complexity index is 1160. The summed E-state index contributed by atoms with van der Waals surface area (Å²) < 4.78 is 24.3. The van der Waals surface area contributed by atoms with Crippen molar-refractivity contribution in [3.8, 4) is 11.5 Å². The number of carbonyl (C=O) groups is 2. The number of ether oxygens (including phenoxy) is 2. The summed E-state index contributed by atoms with van der Waals surface area (Å²) in [7, 11) is 1.44. The molecule has 2 aromatic rings. The van der Waals surface area contributed by atoms with Gasteiger partial charge < -0.3 is 19.9 Å². The lowest BCUT2D eigenvalue weighted by Gasteiger charge is -2.11. The Morgan fingerprint density at radius 2 is 2.12 bits per heavy atom. The van der Waals surface area contributed by atoms with Crippen molar-refractivity contribution in [2.75, 3.05) is 7.11 Å². The van der Waals surface area contributed by atoms with E-state index in [1.54, 1.807) is 18.2 Å². The van der Waals surface area contributed by atoms with Crippen molar-refractivity contribution >= 4 is 40.7 Å². The fourth-order valence-electron chi connectivity index (χ4n) is 2.79. The number of thioether (sulfide) groups is 1. The highest BCUT2D eigenvalue weighted by molar-refractivity contribution is 8.15. The second-order valence-electron chi connectivity index (χ2n) is 6.57. The molecule has 3 rings (SSSR count). The van der Waals surface area contributed by atoms with Crippen molar-refractivity contribution in [2.24, 2.45) is 10.2 Å². The first-order valence-electron chi connectivity index (χ1n) is 9.31. The molecule has 1 heterocycles. The number of benzene rings is 2. The van der Waals surface area contributed by atoms with E-state index in [1.165, 1.54) is 13.3 Å². The van der Waals surface area contributed by atoms with Crippen molar-refractivity contribution in [1.82, 2.24) is 5.32 Å². The van der Waals surface area contributed by atoms with Gasteiger partial charge in [-0.1, -0.05) is 11.8 Å². The molecule has 1 amide bonds. The van der Waals surface area contributed by atoms with Crippen molar-refractivity contribution in [2.45, 2.75) is 18.3 Å². The lowest BCUT2D eigenvalue weighted by molar-refractivity contribution is -0.386. The number of nitrogens with zero attached hydrogens (tertiary/aromatic N) is 3. The normalized spacial score (nSPS) is 16.7. The van der Waals surface area contributed by atoms with E-state index in [0.717, 1.165) is 30.0 Å². The van der Waals surface area contributed by atoms with Gasteiger partial charge in [0.1, 0.15) is 23.4 Å². The zero-order valence-corrected chi connectivity index (χ0v) is 17.9. The van der Waals surface area contributed by atoms with Crippen molar-refractivity contribution in [1.29, 1.82) is 0 Å². The topological polar surface area (TPSA) is 153 Å². The van der Waals surface area contributed by atoms with Gasteiger partial charge in [-0.2, -0.15) is 5.10 Å². The van der Waals surface area contributed by atoms with Crippen LogP contribution in [-0.2, 0) is 16.2 Å². The number of methoxy groups -OCH3 is 1. The Morgan fingerprint density at radius 1 is 1.33 bits per heavy atom. The van der Waals surface area contributed by atoms with Crippen LogP contribution in [0, 0.1) is 15.9 Å². The standard InChI is InChI=1S/C20H17FN4O7S/c1-31-15-5-2-11(9-22-24-20-23-19(28)17(33-20)8-18(26)27)6-12(15)10-32-16-7-13(21)3-4-14(16)25(29)30/h2-7,9,17H,8,10H2,1H3,(H,26,27)(H,23,24,28). The number of rotatable bonds is 9. The number of carboxylic acids is 1. The van der Waals surface area contributed by atoms with Crippen LogP contribution in [0.3, 0.4) is 0 Å². The third-order valence-corrected chi connectivity index (χ3v) is 5.37. The number of carboxylic acid groups (broad SMARTS) is 1. The maximum Gasteiger partial charge on any atom is 0.311 e. The molecule has 2 N–H and O–H groups in total. The number of amidine groups is 1. The molecule has 1 fully saturated rings. The van der Waals surface area contributed by atoms with Gasteiger partial charge in [-0.05, 0) is 29.8 Å². The van der Waals surface area contributed by atoms with Crippen molar-refractivity contribution in [3.63, 3.8) is 0 Å². The summed E-state index contributed by atoms with van der Waals surface area (Å²) in [5.41, 5.74) is 0.711. The highest BCUT2D eigenvalue weighted by atomic mass is 32.2. The molecule has 0 bridgehead atoms. The van der Waals surface area contributed by atoms with Gasteiger partial charge in [0.2, 0.25) is 5.91 Å². The number of halogens is 1. The molecular weight excluding hydrogens is 459 g/mol. The zero-order chi connectivity index (χ0) is 24.0. The first-order chi connectivity index (χ1) is 15.8. The Hall–Kier alpha value is -4.00. The van der Waals surface area contributed by atoms with Crippen LogP contribution in [0.2, 0.25) is 0 Å². The fourth-order valence-corrected chi connectivity index (χ4v) is 3.71. The van der Waals surface area contributed by atoms with Crippen LogP contribution < -0.4 is 14.8 Å². The van der Waals surface area contributed by atoms with E-state index in [2.05, 4.69) is 15.5 Å². The predicted molar refractivity (Wildman–Crippen MR) is 117 cm³/mol. The molecule has 0 saturated carbocycles. The molecule has 0 radical (unpaired) electrons. The molecule has 0 aromatic heterocycles. The van der Waals surface area contributed by atoms with Gasteiger partial charge >= 0.3 is 11.7 Å². The molecule has 1 atom stereocenters. The molecule has 0 spiro atoms. The molecule has 1 aliphatic heterocycles. The molecule has 11 nitrogen and oxygen atoms in total. The summed E-state index contributed by atoms with van der Waals surface area (Å²) in [5.74, 6) is -2.01. The van der Waals surface area contributed by atoms with E-state index in [0.29, 0.717) is 16.9 Å². The van der Waals surface area contributed by atoms with E-state index in [1.807, 2.05) is 0 Å². The highest BCUT2D eigenvalue weighted by Crippen LogP contribution is 2.29. The Labute approximate surface area is 190 Å². The predicted octanol–water partition coefficient (Wildman–Crippen LogP) is 2.72. The second-order valence-corrected chi connectivity index (χ2v) is 7.76. The van der Waals surface area contributed by atoms with Crippen molar-refractivity contribution < 1.29 is 33.5 Å². The molecule has 0 aliphatic carbocycles. The smallest absolute Gasteiger partial charge is 0.311 e. The largest absolute Gasteiger partial charge is 0.496 e. The van der Waals surface area contributed by atoms with E-state index >= 15 is 0 Å². The van der Waals surface area contributed by atoms with Gasteiger partial charge in [-0.25, -0.2) is 4.39 Å². The van der Waals surface area contributed by atoms with Gasteiger partial charge in [0.05, 0.1) is 24.7 Å². The Morgan fingerprint density at radius 3 is 2.82 bits per heavy atom. The number of nitro benzene ring substituents is 1. The third-order valence-electron chi connectivity index (χ3n) is 4.30. The minimum absolute atomic E-state index is 0.146. The first kappa shape index (κ1) is 23.7. The first-order valence-corrected chi connectivity index (χ1v) is 10.2. The van der Waals surface area contributed by atoms with Crippen LogP contribution in [0.1, 0.15) is 17.5 Å². The highest BCUT2D eigenvalue weighted by Gasteiger charge is 2.32. The second kappa shape index (κ2) is 10.5. The number of hydrogen-bond donors (Lipinski definition) is 2. The lowest BCUT2D eigenvalue weighted by Crippen LogP contribution is -2.26. The van der Waals surface area contributed by atoms with Crippen LogP contribution in [0.5, 0.6) is 11.5 Å². The fraction of sp³-hybridized carbons (Fsp3) is 0.200. The minimum Gasteiger partial charge on any atom is -0.496 e. The SMILES string of the molecule is COc1ccc(C=NN=C2NC(=O)C(CC(=O)O)S2)cc1COc1cc(F)ccc1[N+](=O)[O-]. The molecular formula is C20H17FN4O7S. The Balaban J connectivity index is 1.73. The number of nitro groups is 1. The summed E-state index contributed by atoms with van der Waals surface area (Å²) in [6.45, 7) is -0.146. The van der Waals surface area contributed by atoms with Crippen molar-refractivity contribution in [3.05, 3.63) is 63.5 Å². The van der Waals surface area contributed by atoms with Crippen LogP contribution in [0.4, 0.5) is 10.1 Å². The molecule has 172 valence electrons. The number of hydrogen-bond acceptors (Lipinski definition) is 9. The number of amides is 1. The lowest BCUT2D eigenvalue weighted by atomic mass is 10.1. The van der Waals surface area contributed by atoms with Gasteiger partial charge in [-0.3, -0.25) is 19.7 Å². The summed E-state index contributed by atoms with van der Waals surface area (Å²) in [5, 5.41) is 29.6. The summed E-state index contributed by atoms with van der Waals surface area (Å²) in [4.78, 5) is 33.0. The number of aliphatic carboxylic acids is 1. The number of carbonyl (C=O) groups excluding carboxylic acids is 1. The molecule has 1 aliphatic rings. The van der Waals surface area contributed by atoms with E-state index in [9.17, 15) is 24.1 Å². The van der Waals surface area contributed by atoms with Crippen LogP contribution >= 0.6 is 11.8 Å².